The van der Waals surface area contributed by atoms with Crippen molar-refractivity contribution in [2.45, 2.75) is 19.1 Å². The van der Waals surface area contributed by atoms with Gasteiger partial charge >= 0.3 is 12.1 Å². The van der Waals surface area contributed by atoms with Gasteiger partial charge in [0.25, 0.3) is 0 Å². The number of alkyl halides is 3. The summed E-state index contributed by atoms with van der Waals surface area (Å²) in [7, 11) is 0. The Morgan fingerprint density at radius 3 is 2.56 bits per heavy atom. The second-order valence-electron chi connectivity index (χ2n) is 3.28. The van der Waals surface area contributed by atoms with Crippen molar-refractivity contribution >= 4 is 11.7 Å². The number of carboxylic acids is 1. The summed E-state index contributed by atoms with van der Waals surface area (Å²) in [5.74, 6) is -1.13. The molecule has 16 heavy (non-hydrogen) atoms. The highest BCUT2D eigenvalue weighted by molar-refractivity contribution is 5.76. The fraction of sp³-hybridized carbons (Fsp3) is 0.300. The van der Waals surface area contributed by atoms with Gasteiger partial charge in [0.15, 0.2) is 0 Å². The first-order valence-electron chi connectivity index (χ1n) is 4.47. The Labute approximate surface area is 89.9 Å². The number of halogens is 3. The number of hydrogen-bond donors (Lipinski definition) is 2. The number of benzene rings is 1. The lowest BCUT2D eigenvalue weighted by molar-refractivity contribution is -0.138. The highest BCUT2D eigenvalue weighted by Crippen LogP contribution is 2.30. The average Bonchev–Trinajstić information content (AvgIpc) is 2.16. The molecular weight excluding hydrogens is 223 g/mol. The smallest absolute Gasteiger partial charge is 0.416 e. The SMILES string of the molecule is CC(Nc1cccc(C(F)(F)F)c1)C(=O)O. The summed E-state index contributed by atoms with van der Waals surface area (Å²) in [5.41, 5.74) is -0.681. The van der Waals surface area contributed by atoms with E-state index in [1.807, 2.05) is 0 Å². The normalized spacial score (nSPS) is 13.2. The Morgan fingerprint density at radius 1 is 1.44 bits per heavy atom. The molecule has 0 aromatic heterocycles. The standard InChI is InChI=1S/C10H10F3NO2/c1-6(9(15)16)14-8-4-2-3-7(5-8)10(11,12)13/h2-6,14H,1H3,(H,15,16). The summed E-state index contributed by atoms with van der Waals surface area (Å²) in [6, 6.07) is 3.47. The molecule has 6 heteroatoms. The van der Waals surface area contributed by atoms with Crippen LogP contribution in [0.2, 0.25) is 0 Å². The molecule has 0 saturated carbocycles. The van der Waals surface area contributed by atoms with Gasteiger partial charge in [-0.15, -0.1) is 0 Å². The Kier molecular flexibility index (Phi) is 3.41. The van der Waals surface area contributed by atoms with Crippen LogP contribution in [0.3, 0.4) is 0 Å². The van der Waals surface area contributed by atoms with E-state index in [-0.39, 0.29) is 5.69 Å². The Bertz CT molecular complexity index is 390. The zero-order valence-corrected chi connectivity index (χ0v) is 8.38. The second kappa shape index (κ2) is 4.42. The molecule has 0 heterocycles. The summed E-state index contributed by atoms with van der Waals surface area (Å²) < 4.78 is 37.0. The van der Waals surface area contributed by atoms with Crippen LogP contribution in [-0.2, 0) is 11.0 Å². The second-order valence-corrected chi connectivity index (χ2v) is 3.28. The molecular formula is C10H10F3NO2. The van der Waals surface area contributed by atoms with Crippen LogP contribution in [0.4, 0.5) is 18.9 Å². The van der Waals surface area contributed by atoms with E-state index in [1.54, 1.807) is 0 Å². The van der Waals surface area contributed by atoms with Crippen LogP contribution in [0.1, 0.15) is 12.5 Å². The number of anilines is 1. The van der Waals surface area contributed by atoms with Gasteiger partial charge in [-0.3, -0.25) is 4.79 Å². The summed E-state index contributed by atoms with van der Waals surface area (Å²) in [6.45, 7) is 1.35. The van der Waals surface area contributed by atoms with E-state index in [9.17, 15) is 18.0 Å². The van der Waals surface area contributed by atoms with Gasteiger partial charge in [-0.05, 0) is 25.1 Å². The minimum Gasteiger partial charge on any atom is -0.480 e. The molecule has 0 radical (unpaired) electrons. The summed E-state index contributed by atoms with van der Waals surface area (Å²) in [5, 5.41) is 11.0. The maximum atomic E-state index is 12.3. The van der Waals surface area contributed by atoms with E-state index < -0.39 is 23.8 Å². The third kappa shape index (κ3) is 3.15. The van der Waals surface area contributed by atoms with Crippen molar-refractivity contribution in [1.29, 1.82) is 0 Å². The van der Waals surface area contributed by atoms with Crippen molar-refractivity contribution in [2.24, 2.45) is 0 Å². The zero-order valence-electron chi connectivity index (χ0n) is 8.38. The van der Waals surface area contributed by atoms with Gasteiger partial charge in [-0.2, -0.15) is 13.2 Å². The fourth-order valence-corrected chi connectivity index (χ4v) is 1.10. The highest BCUT2D eigenvalue weighted by Gasteiger charge is 2.30. The minimum atomic E-state index is -4.43. The molecule has 1 aromatic rings. The molecule has 0 spiro atoms. The average molecular weight is 233 g/mol. The summed E-state index contributed by atoms with van der Waals surface area (Å²) in [6.07, 6.45) is -4.43. The third-order valence-corrected chi connectivity index (χ3v) is 1.94. The van der Waals surface area contributed by atoms with Gasteiger partial charge in [0.05, 0.1) is 5.56 Å². The largest absolute Gasteiger partial charge is 0.480 e. The number of rotatable bonds is 3. The van der Waals surface area contributed by atoms with Crippen molar-refractivity contribution in [3.8, 4) is 0 Å². The van der Waals surface area contributed by atoms with Crippen molar-refractivity contribution in [3.05, 3.63) is 29.8 Å². The molecule has 1 rings (SSSR count). The van der Waals surface area contributed by atoms with Gasteiger partial charge in [-0.25, -0.2) is 0 Å². The Hall–Kier alpha value is -1.72. The van der Waals surface area contributed by atoms with Crippen molar-refractivity contribution in [1.82, 2.24) is 0 Å². The lowest BCUT2D eigenvalue weighted by Gasteiger charge is -2.13. The van der Waals surface area contributed by atoms with E-state index in [4.69, 9.17) is 5.11 Å². The first-order chi connectivity index (χ1) is 7.30. The number of hydrogen-bond acceptors (Lipinski definition) is 2. The van der Waals surface area contributed by atoms with Crippen molar-refractivity contribution in [2.75, 3.05) is 5.32 Å². The highest BCUT2D eigenvalue weighted by atomic mass is 19.4. The molecule has 0 amide bonds. The van der Waals surface area contributed by atoms with Gasteiger partial charge in [0, 0.05) is 5.69 Å². The van der Waals surface area contributed by atoms with Crippen LogP contribution >= 0.6 is 0 Å². The number of nitrogens with one attached hydrogen (secondary N) is 1. The van der Waals surface area contributed by atoms with Crippen LogP contribution in [0.15, 0.2) is 24.3 Å². The molecule has 1 aromatic carbocycles. The van der Waals surface area contributed by atoms with Crippen molar-refractivity contribution in [3.63, 3.8) is 0 Å². The van der Waals surface area contributed by atoms with Crippen LogP contribution in [-0.4, -0.2) is 17.1 Å². The van der Waals surface area contributed by atoms with Gasteiger partial charge in [0.1, 0.15) is 6.04 Å². The van der Waals surface area contributed by atoms with Crippen LogP contribution in [0.5, 0.6) is 0 Å². The summed E-state index contributed by atoms with van der Waals surface area (Å²) >= 11 is 0. The predicted molar refractivity (Wildman–Crippen MR) is 52.2 cm³/mol. The topological polar surface area (TPSA) is 49.3 Å². The molecule has 0 aliphatic rings. The van der Waals surface area contributed by atoms with Crippen LogP contribution in [0.25, 0.3) is 0 Å². The number of aliphatic carboxylic acids is 1. The monoisotopic (exact) mass is 233 g/mol. The Morgan fingerprint density at radius 2 is 2.06 bits per heavy atom. The van der Waals surface area contributed by atoms with E-state index in [0.717, 1.165) is 12.1 Å². The quantitative estimate of drug-likeness (QED) is 0.843. The van der Waals surface area contributed by atoms with Crippen LogP contribution in [0, 0.1) is 0 Å². The zero-order chi connectivity index (χ0) is 12.3. The lowest BCUT2D eigenvalue weighted by atomic mass is 10.2. The molecule has 0 aliphatic heterocycles. The minimum absolute atomic E-state index is 0.129. The molecule has 1 atom stereocenters. The lowest BCUT2D eigenvalue weighted by Crippen LogP contribution is -2.25. The molecule has 0 aliphatic carbocycles. The van der Waals surface area contributed by atoms with E-state index in [2.05, 4.69) is 5.32 Å². The first-order valence-corrected chi connectivity index (χ1v) is 4.47. The predicted octanol–water partition coefficient (Wildman–Crippen LogP) is 2.59. The number of carboxylic acid groups (broad SMARTS) is 1. The molecule has 3 nitrogen and oxygen atoms in total. The fourth-order valence-electron chi connectivity index (χ4n) is 1.10. The Balaban J connectivity index is 2.87. The molecule has 0 fully saturated rings. The maximum absolute atomic E-state index is 12.3. The molecule has 1 unspecified atom stereocenters. The van der Waals surface area contributed by atoms with Crippen molar-refractivity contribution < 1.29 is 23.1 Å². The third-order valence-electron chi connectivity index (χ3n) is 1.94. The van der Waals surface area contributed by atoms with E-state index in [0.29, 0.717) is 0 Å². The van der Waals surface area contributed by atoms with Gasteiger partial charge < -0.3 is 10.4 Å². The van der Waals surface area contributed by atoms with Gasteiger partial charge in [0.2, 0.25) is 0 Å². The van der Waals surface area contributed by atoms with Gasteiger partial charge in [-0.1, -0.05) is 6.07 Å². The van der Waals surface area contributed by atoms with E-state index >= 15 is 0 Å². The molecule has 2 N–H and O–H groups in total. The maximum Gasteiger partial charge on any atom is 0.416 e. The molecule has 0 saturated heterocycles. The molecule has 0 bridgehead atoms. The first kappa shape index (κ1) is 12.4. The summed E-state index contributed by atoms with van der Waals surface area (Å²) in [4.78, 5) is 10.5. The van der Waals surface area contributed by atoms with Crippen LogP contribution < -0.4 is 5.32 Å². The van der Waals surface area contributed by atoms with E-state index in [1.165, 1.54) is 19.1 Å². The number of carbonyl (C=O) groups is 1. The molecule has 88 valence electrons.